The summed E-state index contributed by atoms with van der Waals surface area (Å²) in [6.45, 7) is 0. The average Bonchev–Trinajstić information content (AvgIpc) is 2.88. The zero-order valence-electron chi connectivity index (χ0n) is 12.9. The molecule has 0 atom stereocenters. The van der Waals surface area contributed by atoms with Gasteiger partial charge in [-0.2, -0.15) is 0 Å². The van der Waals surface area contributed by atoms with Crippen LogP contribution < -0.4 is 22.1 Å². The monoisotopic (exact) mass is 382 g/mol. The first kappa shape index (κ1) is 18.4. The van der Waals surface area contributed by atoms with Crippen LogP contribution in [0.3, 0.4) is 0 Å². The fourth-order valence-corrected chi connectivity index (χ4v) is 3.52. The molecule has 0 spiro atoms. The van der Waals surface area contributed by atoms with Gasteiger partial charge in [0.15, 0.2) is 9.84 Å². The molecule has 4 amide bonds. The van der Waals surface area contributed by atoms with Crippen LogP contribution in [-0.2, 0) is 9.84 Å². The Kier molecular flexibility index (Phi) is 5.09. The van der Waals surface area contributed by atoms with Crippen molar-refractivity contribution in [2.75, 3.05) is 16.9 Å². The van der Waals surface area contributed by atoms with Gasteiger partial charge in [-0.3, -0.25) is 14.9 Å². The van der Waals surface area contributed by atoms with Crippen LogP contribution in [0.5, 0.6) is 0 Å². The van der Waals surface area contributed by atoms with Crippen LogP contribution in [0.1, 0.15) is 20.7 Å². The third kappa shape index (κ3) is 4.55. The number of anilines is 2. The van der Waals surface area contributed by atoms with Gasteiger partial charge in [0.05, 0.1) is 15.5 Å². The largest absolute Gasteiger partial charge is 0.366 e. The summed E-state index contributed by atoms with van der Waals surface area (Å²) >= 11 is 0.886. The SMILES string of the molecule is CS(=O)(=O)c1cccc(C(=O)Nc2cc(C(N)=O)c(NC(N)=O)s2)c1. The van der Waals surface area contributed by atoms with Gasteiger partial charge in [0, 0.05) is 11.8 Å². The number of nitrogens with two attached hydrogens (primary N) is 2. The predicted octanol–water partition coefficient (Wildman–Crippen LogP) is 0.993. The smallest absolute Gasteiger partial charge is 0.317 e. The van der Waals surface area contributed by atoms with E-state index in [2.05, 4.69) is 10.6 Å². The van der Waals surface area contributed by atoms with Crippen LogP contribution in [0.15, 0.2) is 35.2 Å². The Morgan fingerprint density at radius 2 is 1.76 bits per heavy atom. The van der Waals surface area contributed by atoms with Crippen molar-refractivity contribution in [2.24, 2.45) is 11.5 Å². The second-order valence-corrected chi connectivity index (χ2v) is 8.03. The zero-order valence-corrected chi connectivity index (χ0v) is 14.5. The number of benzene rings is 1. The summed E-state index contributed by atoms with van der Waals surface area (Å²) in [5, 5.41) is 5.08. The molecule has 0 unspecified atom stereocenters. The highest BCUT2D eigenvalue weighted by molar-refractivity contribution is 7.90. The molecular weight excluding hydrogens is 368 g/mol. The zero-order chi connectivity index (χ0) is 18.8. The van der Waals surface area contributed by atoms with Crippen molar-refractivity contribution < 1.29 is 22.8 Å². The van der Waals surface area contributed by atoms with Gasteiger partial charge in [-0.15, -0.1) is 0 Å². The Bertz CT molecular complexity index is 965. The number of nitrogens with one attached hydrogen (secondary N) is 2. The highest BCUT2D eigenvalue weighted by Gasteiger charge is 2.17. The summed E-state index contributed by atoms with van der Waals surface area (Å²) in [5.74, 6) is -1.40. The minimum Gasteiger partial charge on any atom is -0.366 e. The van der Waals surface area contributed by atoms with E-state index in [1.807, 2.05) is 0 Å². The molecule has 0 aliphatic rings. The Hall–Kier alpha value is -2.92. The Morgan fingerprint density at radius 3 is 2.32 bits per heavy atom. The number of amides is 4. The number of carbonyl (C=O) groups excluding carboxylic acids is 3. The molecular formula is C14H14N4O5S2. The van der Waals surface area contributed by atoms with Crippen molar-refractivity contribution in [3.05, 3.63) is 41.5 Å². The summed E-state index contributed by atoms with van der Waals surface area (Å²) in [4.78, 5) is 34.6. The summed E-state index contributed by atoms with van der Waals surface area (Å²) in [7, 11) is -3.46. The molecule has 0 bridgehead atoms. The molecule has 0 aliphatic carbocycles. The first-order valence-electron chi connectivity index (χ1n) is 6.69. The second kappa shape index (κ2) is 6.91. The molecule has 0 fully saturated rings. The Labute approximate surface area is 146 Å². The van der Waals surface area contributed by atoms with Gasteiger partial charge >= 0.3 is 6.03 Å². The number of rotatable bonds is 5. The van der Waals surface area contributed by atoms with E-state index in [0.717, 1.165) is 17.6 Å². The minimum atomic E-state index is -3.46. The Morgan fingerprint density at radius 1 is 1.08 bits per heavy atom. The summed E-state index contributed by atoms with van der Waals surface area (Å²) in [6.07, 6.45) is 1.03. The summed E-state index contributed by atoms with van der Waals surface area (Å²) in [5.41, 5.74) is 10.3. The lowest BCUT2D eigenvalue weighted by molar-refractivity contribution is 0.0997. The van der Waals surface area contributed by atoms with Crippen LogP contribution in [0.2, 0.25) is 0 Å². The molecule has 0 saturated carbocycles. The maximum Gasteiger partial charge on any atom is 0.317 e. The molecule has 25 heavy (non-hydrogen) atoms. The molecule has 6 N–H and O–H groups in total. The van der Waals surface area contributed by atoms with E-state index in [-0.39, 0.29) is 26.0 Å². The van der Waals surface area contributed by atoms with E-state index >= 15 is 0 Å². The van der Waals surface area contributed by atoms with Crippen LogP contribution in [0.4, 0.5) is 14.8 Å². The molecule has 11 heteroatoms. The first-order valence-corrected chi connectivity index (χ1v) is 9.40. The van der Waals surface area contributed by atoms with Gasteiger partial charge in [0.25, 0.3) is 11.8 Å². The number of thiophene rings is 1. The normalized spacial score (nSPS) is 10.9. The third-order valence-corrected chi connectivity index (χ3v) is 5.07. The van der Waals surface area contributed by atoms with Crippen molar-refractivity contribution in [3.63, 3.8) is 0 Å². The van der Waals surface area contributed by atoms with E-state index < -0.39 is 27.7 Å². The molecule has 2 aromatic rings. The van der Waals surface area contributed by atoms with Gasteiger partial charge in [0.1, 0.15) is 5.00 Å². The number of primary amides is 2. The number of hydrogen-bond donors (Lipinski definition) is 4. The number of sulfone groups is 1. The third-order valence-electron chi connectivity index (χ3n) is 3.00. The number of urea groups is 1. The molecule has 1 heterocycles. The summed E-state index contributed by atoms with van der Waals surface area (Å²) in [6, 6.07) is 5.89. The average molecular weight is 382 g/mol. The van der Waals surface area contributed by atoms with Gasteiger partial charge < -0.3 is 16.8 Å². The minimum absolute atomic E-state index is 0.000221. The molecule has 1 aromatic heterocycles. The van der Waals surface area contributed by atoms with Crippen LogP contribution in [0.25, 0.3) is 0 Å². The molecule has 132 valence electrons. The lowest BCUT2D eigenvalue weighted by atomic mass is 10.2. The number of carbonyl (C=O) groups is 3. The van der Waals surface area contributed by atoms with Gasteiger partial charge in [-0.1, -0.05) is 17.4 Å². The first-order chi connectivity index (χ1) is 11.6. The highest BCUT2D eigenvalue weighted by atomic mass is 32.2. The summed E-state index contributed by atoms with van der Waals surface area (Å²) < 4.78 is 23.1. The fraction of sp³-hybridized carbons (Fsp3) is 0.0714. The van der Waals surface area contributed by atoms with Crippen LogP contribution in [0, 0.1) is 0 Å². The maximum absolute atomic E-state index is 12.3. The van der Waals surface area contributed by atoms with Crippen molar-refractivity contribution in [3.8, 4) is 0 Å². The Balaban J connectivity index is 2.29. The van der Waals surface area contributed by atoms with Crippen molar-refractivity contribution >= 4 is 49.0 Å². The van der Waals surface area contributed by atoms with Crippen molar-refractivity contribution in [2.45, 2.75) is 4.90 Å². The van der Waals surface area contributed by atoms with Crippen LogP contribution >= 0.6 is 11.3 Å². The lowest BCUT2D eigenvalue weighted by Crippen LogP contribution is -2.21. The van der Waals surface area contributed by atoms with E-state index in [4.69, 9.17) is 11.5 Å². The van der Waals surface area contributed by atoms with Gasteiger partial charge in [-0.25, -0.2) is 13.2 Å². The van der Waals surface area contributed by atoms with Crippen molar-refractivity contribution in [1.29, 1.82) is 0 Å². The second-order valence-electron chi connectivity index (χ2n) is 4.96. The van der Waals surface area contributed by atoms with Gasteiger partial charge in [0.2, 0.25) is 0 Å². The van der Waals surface area contributed by atoms with E-state index in [0.29, 0.717) is 0 Å². The van der Waals surface area contributed by atoms with Crippen LogP contribution in [-0.4, -0.2) is 32.5 Å². The predicted molar refractivity (Wildman–Crippen MR) is 93.5 cm³/mol. The molecule has 0 saturated heterocycles. The van der Waals surface area contributed by atoms with Crippen molar-refractivity contribution in [1.82, 2.24) is 0 Å². The highest BCUT2D eigenvalue weighted by Crippen LogP contribution is 2.32. The maximum atomic E-state index is 12.3. The molecule has 1 aromatic carbocycles. The molecule has 9 nitrogen and oxygen atoms in total. The standard InChI is InChI=1S/C14H14N4O5S2/c1-25(22,23)8-4-2-3-7(5-8)12(20)17-10-6-9(11(15)19)13(24-10)18-14(16)21/h2-6H,1H3,(H2,15,19)(H,17,20)(H3,16,18,21). The van der Waals surface area contributed by atoms with E-state index in [1.54, 1.807) is 0 Å². The number of hydrogen-bond acceptors (Lipinski definition) is 6. The molecule has 2 rings (SSSR count). The molecule has 0 aliphatic heterocycles. The lowest BCUT2D eigenvalue weighted by Gasteiger charge is -2.04. The van der Waals surface area contributed by atoms with Gasteiger partial charge in [-0.05, 0) is 24.3 Å². The quantitative estimate of drug-likeness (QED) is 0.605. The van der Waals surface area contributed by atoms with E-state index in [9.17, 15) is 22.8 Å². The topological polar surface area (TPSA) is 161 Å². The fourth-order valence-electron chi connectivity index (χ4n) is 1.89. The van der Waals surface area contributed by atoms with E-state index in [1.165, 1.54) is 30.3 Å². The molecule has 0 radical (unpaired) electrons.